The summed E-state index contributed by atoms with van der Waals surface area (Å²) in [5.41, 5.74) is 2.09. The van der Waals surface area contributed by atoms with Gasteiger partial charge in [-0.3, -0.25) is 14.4 Å². The van der Waals surface area contributed by atoms with Gasteiger partial charge in [-0.2, -0.15) is 10.4 Å². The summed E-state index contributed by atoms with van der Waals surface area (Å²) in [7, 11) is 0. The molecule has 2 aromatic rings. The first kappa shape index (κ1) is 15.2. The molecule has 118 valence electrons. The molecule has 1 N–H and O–H groups in total. The van der Waals surface area contributed by atoms with Crippen LogP contribution in [0.2, 0.25) is 0 Å². The number of hydrogen-bond acceptors (Lipinski definition) is 4. The van der Waals surface area contributed by atoms with Crippen molar-refractivity contribution in [2.24, 2.45) is 0 Å². The van der Waals surface area contributed by atoms with E-state index in [4.69, 9.17) is 5.26 Å². The Morgan fingerprint density at radius 2 is 2.22 bits per heavy atom. The lowest BCUT2D eigenvalue weighted by Crippen LogP contribution is -2.40. The average Bonchev–Trinajstić information content (AvgIpc) is 2.93. The molecule has 1 aliphatic rings. The molecule has 1 aromatic carbocycles. The van der Waals surface area contributed by atoms with Crippen LogP contribution >= 0.6 is 0 Å². The standard InChI is InChI=1S/C16H15FN4O2/c1-10-6-11(2-3-14(10)17)15(16(22)23)20-4-5-21-13(9-20)7-12(8-18)19-21/h2-3,6-7,15H,4-5,9H2,1H3,(H,22,23). The minimum Gasteiger partial charge on any atom is -0.480 e. The van der Waals surface area contributed by atoms with Gasteiger partial charge in [-0.25, -0.2) is 4.39 Å². The summed E-state index contributed by atoms with van der Waals surface area (Å²) in [5.74, 6) is -1.34. The summed E-state index contributed by atoms with van der Waals surface area (Å²) in [5, 5.41) is 22.7. The number of fused-ring (bicyclic) bond motifs is 1. The number of rotatable bonds is 3. The molecule has 0 saturated carbocycles. The third-order valence-corrected chi connectivity index (χ3v) is 4.04. The lowest BCUT2D eigenvalue weighted by molar-refractivity contribution is -0.144. The maximum Gasteiger partial charge on any atom is 0.325 e. The molecule has 23 heavy (non-hydrogen) atoms. The van der Waals surface area contributed by atoms with Crippen LogP contribution in [-0.2, 0) is 17.9 Å². The van der Waals surface area contributed by atoms with Gasteiger partial charge < -0.3 is 5.11 Å². The van der Waals surface area contributed by atoms with Crippen molar-refractivity contribution in [1.29, 1.82) is 5.26 Å². The van der Waals surface area contributed by atoms with E-state index in [0.717, 1.165) is 5.69 Å². The zero-order chi connectivity index (χ0) is 16.6. The molecule has 1 unspecified atom stereocenters. The second-order valence-electron chi connectivity index (χ2n) is 5.58. The van der Waals surface area contributed by atoms with Crippen LogP contribution in [-0.4, -0.2) is 32.3 Å². The van der Waals surface area contributed by atoms with Crippen molar-refractivity contribution in [1.82, 2.24) is 14.7 Å². The molecule has 0 spiro atoms. The van der Waals surface area contributed by atoms with E-state index in [-0.39, 0.29) is 5.82 Å². The first-order chi connectivity index (χ1) is 11.0. The van der Waals surface area contributed by atoms with Gasteiger partial charge in [0.15, 0.2) is 5.69 Å². The lowest BCUT2D eigenvalue weighted by atomic mass is 10.0. The fraction of sp³-hybridized carbons (Fsp3) is 0.312. The van der Waals surface area contributed by atoms with Crippen LogP contribution in [0.25, 0.3) is 0 Å². The van der Waals surface area contributed by atoms with Crippen LogP contribution < -0.4 is 0 Å². The minimum atomic E-state index is -0.982. The molecule has 0 radical (unpaired) electrons. The van der Waals surface area contributed by atoms with Crippen molar-refractivity contribution in [2.45, 2.75) is 26.1 Å². The number of aryl methyl sites for hydroxylation is 1. The van der Waals surface area contributed by atoms with Crippen molar-refractivity contribution in [2.75, 3.05) is 6.54 Å². The van der Waals surface area contributed by atoms with Crippen LogP contribution in [0.5, 0.6) is 0 Å². The molecule has 1 aliphatic heterocycles. The van der Waals surface area contributed by atoms with Gasteiger partial charge in [0.1, 0.15) is 17.9 Å². The fourth-order valence-electron chi connectivity index (χ4n) is 2.91. The Morgan fingerprint density at radius 1 is 1.43 bits per heavy atom. The van der Waals surface area contributed by atoms with E-state index in [2.05, 4.69) is 5.10 Å². The molecule has 2 heterocycles. The van der Waals surface area contributed by atoms with Gasteiger partial charge in [0.2, 0.25) is 0 Å². The molecule has 0 fully saturated rings. The van der Waals surface area contributed by atoms with E-state index in [1.54, 1.807) is 28.6 Å². The van der Waals surface area contributed by atoms with E-state index in [1.165, 1.54) is 12.1 Å². The number of hydrogen-bond donors (Lipinski definition) is 1. The smallest absolute Gasteiger partial charge is 0.325 e. The monoisotopic (exact) mass is 314 g/mol. The number of nitrogens with zero attached hydrogens (tertiary/aromatic N) is 4. The number of halogens is 1. The number of carboxylic acid groups (broad SMARTS) is 1. The predicted molar refractivity (Wildman–Crippen MR) is 78.9 cm³/mol. The van der Waals surface area contributed by atoms with Crippen molar-refractivity contribution >= 4 is 5.97 Å². The summed E-state index contributed by atoms with van der Waals surface area (Å²) < 4.78 is 15.2. The van der Waals surface area contributed by atoms with Gasteiger partial charge in [0, 0.05) is 13.1 Å². The van der Waals surface area contributed by atoms with Gasteiger partial charge in [-0.1, -0.05) is 12.1 Å². The number of benzene rings is 1. The van der Waals surface area contributed by atoms with Crippen LogP contribution in [0.15, 0.2) is 24.3 Å². The van der Waals surface area contributed by atoms with Crippen LogP contribution in [0.3, 0.4) is 0 Å². The molecule has 6 nitrogen and oxygen atoms in total. The first-order valence-corrected chi connectivity index (χ1v) is 7.19. The molecule has 1 atom stereocenters. The normalized spacial score (nSPS) is 15.7. The SMILES string of the molecule is Cc1cc(C(C(=O)O)N2CCn3nc(C#N)cc3C2)ccc1F. The number of carboxylic acids is 1. The zero-order valence-electron chi connectivity index (χ0n) is 12.5. The fourth-order valence-corrected chi connectivity index (χ4v) is 2.91. The van der Waals surface area contributed by atoms with Gasteiger partial charge in [0.25, 0.3) is 0 Å². The summed E-state index contributed by atoms with van der Waals surface area (Å²) in [4.78, 5) is 13.6. The third-order valence-electron chi connectivity index (χ3n) is 4.04. The van der Waals surface area contributed by atoms with Crippen LogP contribution in [0, 0.1) is 24.1 Å². The van der Waals surface area contributed by atoms with E-state index in [9.17, 15) is 14.3 Å². The van der Waals surface area contributed by atoms with Gasteiger partial charge in [0.05, 0.1) is 12.2 Å². The van der Waals surface area contributed by atoms with Crippen molar-refractivity contribution in [3.63, 3.8) is 0 Å². The number of aliphatic carboxylic acids is 1. The highest BCUT2D eigenvalue weighted by Gasteiger charge is 2.31. The maximum atomic E-state index is 13.4. The highest BCUT2D eigenvalue weighted by Crippen LogP contribution is 2.27. The van der Waals surface area contributed by atoms with E-state index in [0.29, 0.717) is 36.5 Å². The molecular formula is C16H15FN4O2. The number of carbonyl (C=O) groups is 1. The molecular weight excluding hydrogens is 299 g/mol. The molecule has 0 bridgehead atoms. The molecule has 3 rings (SSSR count). The Kier molecular flexibility index (Phi) is 3.84. The Balaban J connectivity index is 1.92. The topological polar surface area (TPSA) is 82.2 Å². The van der Waals surface area contributed by atoms with Crippen molar-refractivity contribution in [3.05, 3.63) is 52.6 Å². The molecule has 1 aromatic heterocycles. The zero-order valence-corrected chi connectivity index (χ0v) is 12.5. The molecule has 0 aliphatic carbocycles. The predicted octanol–water partition coefficient (Wildman–Crippen LogP) is 1.84. The van der Waals surface area contributed by atoms with Crippen LogP contribution in [0.4, 0.5) is 4.39 Å². The highest BCUT2D eigenvalue weighted by atomic mass is 19.1. The minimum absolute atomic E-state index is 0.325. The second kappa shape index (κ2) is 5.82. The average molecular weight is 314 g/mol. The molecule has 0 amide bonds. The number of aromatic nitrogens is 2. The third kappa shape index (κ3) is 2.81. The van der Waals surface area contributed by atoms with Crippen molar-refractivity contribution in [3.8, 4) is 6.07 Å². The van der Waals surface area contributed by atoms with Crippen molar-refractivity contribution < 1.29 is 14.3 Å². The highest BCUT2D eigenvalue weighted by molar-refractivity contribution is 5.75. The van der Waals surface area contributed by atoms with Crippen LogP contribution in [0.1, 0.15) is 28.6 Å². The second-order valence-corrected chi connectivity index (χ2v) is 5.58. The number of nitriles is 1. The van der Waals surface area contributed by atoms with Gasteiger partial charge >= 0.3 is 5.97 Å². The Bertz CT molecular complexity index is 809. The lowest BCUT2D eigenvalue weighted by Gasteiger charge is -2.32. The van der Waals surface area contributed by atoms with E-state index < -0.39 is 12.0 Å². The van der Waals surface area contributed by atoms with E-state index in [1.807, 2.05) is 6.07 Å². The van der Waals surface area contributed by atoms with E-state index >= 15 is 0 Å². The first-order valence-electron chi connectivity index (χ1n) is 7.19. The summed E-state index contributed by atoms with van der Waals surface area (Å²) in [6, 6.07) is 7.17. The molecule has 0 saturated heterocycles. The summed E-state index contributed by atoms with van der Waals surface area (Å²) in [6.07, 6.45) is 0. The quantitative estimate of drug-likeness (QED) is 0.935. The summed E-state index contributed by atoms with van der Waals surface area (Å²) >= 11 is 0. The summed E-state index contributed by atoms with van der Waals surface area (Å²) in [6.45, 7) is 3.00. The molecule has 7 heteroatoms. The largest absolute Gasteiger partial charge is 0.480 e. The Morgan fingerprint density at radius 3 is 2.87 bits per heavy atom. The Hall–Kier alpha value is -2.72. The van der Waals surface area contributed by atoms with Gasteiger partial charge in [-0.15, -0.1) is 0 Å². The Labute approximate surface area is 132 Å². The van der Waals surface area contributed by atoms with Gasteiger partial charge in [-0.05, 0) is 30.2 Å². The maximum absolute atomic E-state index is 13.4.